The van der Waals surface area contributed by atoms with E-state index in [1.165, 1.54) is 13.2 Å². The Labute approximate surface area is 127 Å². The summed E-state index contributed by atoms with van der Waals surface area (Å²) in [6.45, 7) is 1.66. The van der Waals surface area contributed by atoms with E-state index in [-0.39, 0.29) is 18.0 Å². The van der Waals surface area contributed by atoms with Gasteiger partial charge in [0.2, 0.25) is 0 Å². The van der Waals surface area contributed by atoms with Gasteiger partial charge in [-0.3, -0.25) is 4.79 Å². The predicted molar refractivity (Wildman–Crippen MR) is 78.4 cm³/mol. The van der Waals surface area contributed by atoms with E-state index in [0.717, 1.165) is 5.56 Å². The van der Waals surface area contributed by atoms with E-state index in [2.05, 4.69) is 5.32 Å². The number of carboxylic acids is 1. The van der Waals surface area contributed by atoms with Crippen molar-refractivity contribution in [3.8, 4) is 0 Å². The van der Waals surface area contributed by atoms with Crippen molar-refractivity contribution in [3.63, 3.8) is 0 Å². The minimum absolute atomic E-state index is 0.0931. The predicted octanol–water partition coefficient (Wildman–Crippen LogP) is 2.29. The second-order valence-corrected chi connectivity index (χ2v) is 4.73. The summed E-state index contributed by atoms with van der Waals surface area (Å²) in [7, 11) is 1.46. The van der Waals surface area contributed by atoms with Gasteiger partial charge in [0.25, 0.3) is 5.91 Å². The molecule has 2 aromatic rings. The summed E-state index contributed by atoms with van der Waals surface area (Å²) >= 11 is 0. The molecule has 2 N–H and O–H groups in total. The van der Waals surface area contributed by atoms with Crippen LogP contribution in [0.15, 0.2) is 40.8 Å². The molecule has 22 heavy (non-hydrogen) atoms. The number of nitrogens with one attached hydrogen (secondary N) is 1. The summed E-state index contributed by atoms with van der Waals surface area (Å²) in [4.78, 5) is 23.1. The Morgan fingerprint density at radius 2 is 2.00 bits per heavy atom. The number of ether oxygens (including phenoxy) is 1. The van der Waals surface area contributed by atoms with Crippen LogP contribution in [0.1, 0.15) is 33.5 Å². The van der Waals surface area contributed by atoms with Crippen LogP contribution in [0.3, 0.4) is 0 Å². The van der Waals surface area contributed by atoms with Crippen molar-refractivity contribution in [2.75, 3.05) is 7.11 Å². The molecule has 0 bridgehead atoms. The molecule has 6 heteroatoms. The average molecular weight is 303 g/mol. The number of benzene rings is 1. The Morgan fingerprint density at radius 3 is 2.55 bits per heavy atom. The van der Waals surface area contributed by atoms with E-state index in [1.807, 2.05) is 18.2 Å². The zero-order valence-corrected chi connectivity index (χ0v) is 12.3. The van der Waals surface area contributed by atoms with Crippen molar-refractivity contribution >= 4 is 11.9 Å². The van der Waals surface area contributed by atoms with Crippen LogP contribution in [0.2, 0.25) is 0 Å². The Hall–Kier alpha value is -2.60. The maximum absolute atomic E-state index is 12.2. The van der Waals surface area contributed by atoms with Crippen LogP contribution in [0, 0.1) is 6.92 Å². The van der Waals surface area contributed by atoms with Crippen LogP contribution in [-0.2, 0) is 16.1 Å². The number of amides is 1. The largest absolute Gasteiger partial charge is 0.478 e. The number of furan rings is 1. The fourth-order valence-electron chi connectivity index (χ4n) is 2.13. The van der Waals surface area contributed by atoms with Gasteiger partial charge in [-0.2, -0.15) is 0 Å². The van der Waals surface area contributed by atoms with Gasteiger partial charge in [0.1, 0.15) is 17.1 Å². The molecule has 1 unspecified atom stereocenters. The number of aryl methyl sites for hydroxylation is 1. The number of rotatable bonds is 6. The Balaban J connectivity index is 2.03. The molecule has 0 aliphatic rings. The van der Waals surface area contributed by atoms with Crippen LogP contribution in [0.4, 0.5) is 0 Å². The third-order valence-corrected chi connectivity index (χ3v) is 3.21. The fourth-order valence-corrected chi connectivity index (χ4v) is 2.13. The zero-order chi connectivity index (χ0) is 16.1. The van der Waals surface area contributed by atoms with Crippen molar-refractivity contribution in [3.05, 3.63) is 59.0 Å². The maximum Gasteiger partial charge on any atom is 0.339 e. The van der Waals surface area contributed by atoms with E-state index in [4.69, 9.17) is 14.3 Å². The van der Waals surface area contributed by atoms with Gasteiger partial charge in [0.15, 0.2) is 6.10 Å². The van der Waals surface area contributed by atoms with Gasteiger partial charge in [-0.15, -0.1) is 0 Å². The van der Waals surface area contributed by atoms with Crippen molar-refractivity contribution in [1.29, 1.82) is 0 Å². The molecule has 0 spiro atoms. The summed E-state index contributed by atoms with van der Waals surface area (Å²) in [5, 5.41) is 11.6. The highest BCUT2D eigenvalue weighted by Crippen LogP contribution is 2.18. The molecule has 1 aromatic heterocycles. The third-order valence-electron chi connectivity index (χ3n) is 3.21. The van der Waals surface area contributed by atoms with Crippen LogP contribution < -0.4 is 5.32 Å². The summed E-state index contributed by atoms with van der Waals surface area (Å²) in [6, 6.07) is 10.5. The van der Waals surface area contributed by atoms with E-state index >= 15 is 0 Å². The SMILES string of the molecule is COC(C(=O)NCc1cc(C(=O)O)c(C)o1)c1ccccc1. The Morgan fingerprint density at radius 1 is 1.32 bits per heavy atom. The zero-order valence-electron chi connectivity index (χ0n) is 12.3. The van der Waals surface area contributed by atoms with Gasteiger partial charge in [0.05, 0.1) is 6.54 Å². The smallest absolute Gasteiger partial charge is 0.339 e. The van der Waals surface area contributed by atoms with Gasteiger partial charge in [-0.1, -0.05) is 30.3 Å². The number of aromatic carboxylic acids is 1. The monoisotopic (exact) mass is 303 g/mol. The first kappa shape index (κ1) is 15.8. The van der Waals surface area contributed by atoms with Crippen molar-refractivity contribution in [2.45, 2.75) is 19.6 Å². The Kier molecular flexibility index (Phi) is 4.95. The van der Waals surface area contributed by atoms with Crippen molar-refractivity contribution in [2.24, 2.45) is 0 Å². The molecule has 1 aromatic carbocycles. The molecule has 0 aliphatic carbocycles. The molecule has 0 saturated carbocycles. The van der Waals surface area contributed by atoms with Crippen molar-refractivity contribution in [1.82, 2.24) is 5.32 Å². The topological polar surface area (TPSA) is 88.8 Å². The van der Waals surface area contributed by atoms with E-state index in [1.54, 1.807) is 19.1 Å². The molecule has 6 nitrogen and oxygen atoms in total. The lowest BCUT2D eigenvalue weighted by molar-refractivity contribution is -0.131. The lowest BCUT2D eigenvalue weighted by Crippen LogP contribution is -2.29. The fraction of sp³-hybridized carbons (Fsp3) is 0.250. The van der Waals surface area contributed by atoms with E-state index < -0.39 is 12.1 Å². The molecule has 0 aliphatic heterocycles. The van der Waals surface area contributed by atoms with Gasteiger partial charge >= 0.3 is 5.97 Å². The van der Waals surface area contributed by atoms with E-state index in [0.29, 0.717) is 11.5 Å². The lowest BCUT2D eigenvalue weighted by Gasteiger charge is -2.15. The Bertz CT molecular complexity index is 662. The molecule has 1 atom stereocenters. The molecule has 116 valence electrons. The number of carboxylic acid groups (broad SMARTS) is 1. The van der Waals surface area contributed by atoms with Gasteiger partial charge in [-0.05, 0) is 18.6 Å². The molecule has 2 rings (SSSR count). The molecule has 0 radical (unpaired) electrons. The van der Waals surface area contributed by atoms with Gasteiger partial charge in [-0.25, -0.2) is 4.79 Å². The summed E-state index contributed by atoms with van der Waals surface area (Å²) in [6.07, 6.45) is -0.726. The molecule has 0 saturated heterocycles. The van der Waals surface area contributed by atoms with Gasteiger partial charge in [0, 0.05) is 7.11 Å². The highest BCUT2D eigenvalue weighted by Gasteiger charge is 2.20. The highest BCUT2D eigenvalue weighted by molar-refractivity contribution is 5.88. The minimum Gasteiger partial charge on any atom is -0.478 e. The molecule has 1 amide bonds. The second kappa shape index (κ2) is 6.91. The summed E-state index contributed by atoms with van der Waals surface area (Å²) in [5.41, 5.74) is 0.833. The number of methoxy groups -OCH3 is 1. The third kappa shape index (κ3) is 3.53. The second-order valence-electron chi connectivity index (χ2n) is 4.73. The highest BCUT2D eigenvalue weighted by atomic mass is 16.5. The summed E-state index contributed by atoms with van der Waals surface area (Å²) in [5.74, 6) is -0.688. The number of hydrogen-bond donors (Lipinski definition) is 2. The normalized spacial score (nSPS) is 11.9. The average Bonchev–Trinajstić information content (AvgIpc) is 2.88. The van der Waals surface area contributed by atoms with Crippen LogP contribution >= 0.6 is 0 Å². The maximum atomic E-state index is 12.2. The van der Waals surface area contributed by atoms with Crippen molar-refractivity contribution < 1.29 is 23.8 Å². The summed E-state index contributed by atoms with van der Waals surface area (Å²) < 4.78 is 10.5. The lowest BCUT2D eigenvalue weighted by atomic mass is 10.1. The molecular weight excluding hydrogens is 286 g/mol. The van der Waals surface area contributed by atoms with Crippen LogP contribution in [0.25, 0.3) is 0 Å². The number of carbonyl (C=O) groups is 2. The molecular formula is C16H17NO5. The van der Waals surface area contributed by atoms with E-state index in [9.17, 15) is 9.59 Å². The molecule has 1 heterocycles. The number of carbonyl (C=O) groups excluding carboxylic acids is 1. The van der Waals surface area contributed by atoms with Crippen LogP contribution in [-0.4, -0.2) is 24.1 Å². The minimum atomic E-state index is -1.06. The number of hydrogen-bond acceptors (Lipinski definition) is 4. The first-order valence-electron chi connectivity index (χ1n) is 6.71. The standard InChI is InChI=1S/C16H17NO5/c1-10-13(16(19)20)8-12(22-10)9-17-15(18)14(21-2)11-6-4-3-5-7-11/h3-8,14H,9H2,1-2H3,(H,17,18)(H,19,20). The van der Waals surface area contributed by atoms with Crippen LogP contribution in [0.5, 0.6) is 0 Å². The molecule has 0 fully saturated rings. The van der Waals surface area contributed by atoms with Gasteiger partial charge < -0.3 is 19.6 Å². The first-order chi connectivity index (χ1) is 10.5. The quantitative estimate of drug-likeness (QED) is 0.854. The first-order valence-corrected chi connectivity index (χ1v) is 6.71.